The van der Waals surface area contributed by atoms with Crippen LogP contribution in [0, 0.1) is 11.8 Å². The number of carbonyl (C=O) groups is 1. The van der Waals surface area contributed by atoms with Crippen molar-refractivity contribution in [2.24, 2.45) is 17.6 Å². The molecule has 0 aromatic rings. The molecular formula is C10H21NO2. The molecule has 0 unspecified atom stereocenters. The van der Waals surface area contributed by atoms with Crippen LogP contribution in [0.4, 0.5) is 0 Å². The number of primary amides is 1. The summed E-state index contributed by atoms with van der Waals surface area (Å²) in [7, 11) is 0. The molecule has 3 heteroatoms. The molecule has 0 bridgehead atoms. The smallest absolute Gasteiger partial charge is 0.220 e. The molecule has 1 saturated heterocycles. The van der Waals surface area contributed by atoms with Crippen molar-refractivity contribution in [3.05, 3.63) is 0 Å². The number of nitrogens with two attached hydrogens (primary N) is 1. The Balaban J connectivity index is 0.000000671. The Morgan fingerprint density at radius 1 is 1.38 bits per heavy atom. The van der Waals surface area contributed by atoms with E-state index in [9.17, 15) is 4.79 Å². The monoisotopic (exact) mass is 187 g/mol. The molecule has 0 aromatic carbocycles. The van der Waals surface area contributed by atoms with Gasteiger partial charge >= 0.3 is 0 Å². The lowest BCUT2D eigenvalue weighted by molar-refractivity contribution is -0.123. The van der Waals surface area contributed by atoms with Crippen LogP contribution in [-0.4, -0.2) is 19.1 Å². The number of rotatable bonds is 2. The highest BCUT2D eigenvalue weighted by molar-refractivity contribution is 5.76. The van der Waals surface area contributed by atoms with Crippen LogP contribution in [0.1, 0.15) is 33.6 Å². The van der Waals surface area contributed by atoms with E-state index < -0.39 is 0 Å². The minimum absolute atomic E-state index is 0.0129. The highest BCUT2D eigenvalue weighted by atomic mass is 16.5. The quantitative estimate of drug-likeness (QED) is 0.713. The molecule has 78 valence electrons. The van der Waals surface area contributed by atoms with Crippen molar-refractivity contribution in [3.8, 4) is 0 Å². The van der Waals surface area contributed by atoms with Crippen molar-refractivity contribution in [1.29, 1.82) is 0 Å². The summed E-state index contributed by atoms with van der Waals surface area (Å²) in [5.41, 5.74) is 5.19. The molecule has 1 aliphatic rings. The van der Waals surface area contributed by atoms with Gasteiger partial charge in [-0.3, -0.25) is 4.79 Å². The maximum atomic E-state index is 10.8. The predicted octanol–water partition coefficient (Wildman–Crippen LogP) is 1.56. The van der Waals surface area contributed by atoms with E-state index in [1.165, 1.54) is 0 Å². The molecule has 1 atom stereocenters. The van der Waals surface area contributed by atoms with Crippen LogP contribution in [0.25, 0.3) is 0 Å². The van der Waals surface area contributed by atoms with Crippen LogP contribution in [0.15, 0.2) is 0 Å². The standard InChI is InChI=1S/C8H15NO2.C2H6/c1-6(8(9)10)7-2-4-11-5-3-7;1-2/h6-7H,2-5H2,1H3,(H2,9,10);1-2H3/t6-;/m0./s1. The summed E-state index contributed by atoms with van der Waals surface area (Å²) in [5.74, 6) is 0.275. The van der Waals surface area contributed by atoms with E-state index in [0.717, 1.165) is 26.1 Å². The lowest BCUT2D eigenvalue weighted by Gasteiger charge is -2.25. The van der Waals surface area contributed by atoms with Crippen LogP contribution in [0.2, 0.25) is 0 Å². The summed E-state index contributed by atoms with van der Waals surface area (Å²) in [4.78, 5) is 10.8. The summed E-state index contributed by atoms with van der Waals surface area (Å²) in [5, 5.41) is 0. The minimum Gasteiger partial charge on any atom is -0.381 e. The van der Waals surface area contributed by atoms with E-state index >= 15 is 0 Å². The summed E-state index contributed by atoms with van der Waals surface area (Å²) < 4.78 is 5.18. The van der Waals surface area contributed by atoms with Crippen LogP contribution < -0.4 is 5.73 Å². The Morgan fingerprint density at radius 2 is 1.85 bits per heavy atom. The molecule has 0 saturated carbocycles. The van der Waals surface area contributed by atoms with Crippen LogP contribution in [0.3, 0.4) is 0 Å². The Hall–Kier alpha value is -0.570. The molecule has 0 aromatic heterocycles. The summed E-state index contributed by atoms with van der Waals surface area (Å²) in [6.45, 7) is 7.46. The van der Waals surface area contributed by atoms with Gasteiger partial charge in [-0.2, -0.15) is 0 Å². The second kappa shape index (κ2) is 6.89. The van der Waals surface area contributed by atoms with Gasteiger partial charge in [0.1, 0.15) is 0 Å². The maximum absolute atomic E-state index is 10.8. The van der Waals surface area contributed by atoms with Gasteiger partial charge in [0.25, 0.3) is 0 Å². The van der Waals surface area contributed by atoms with E-state index in [-0.39, 0.29) is 11.8 Å². The van der Waals surface area contributed by atoms with Gasteiger partial charge in [-0.15, -0.1) is 0 Å². The van der Waals surface area contributed by atoms with Gasteiger partial charge in [-0.05, 0) is 18.8 Å². The van der Waals surface area contributed by atoms with E-state index in [1.807, 2.05) is 20.8 Å². The summed E-state index contributed by atoms with van der Waals surface area (Å²) in [6.07, 6.45) is 1.95. The van der Waals surface area contributed by atoms with E-state index in [4.69, 9.17) is 10.5 Å². The first-order valence-corrected chi connectivity index (χ1v) is 5.09. The Bertz CT molecular complexity index is 142. The van der Waals surface area contributed by atoms with Gasteiger partial charge in [0, 0.05) is 19.1 Å². The van der Waals surface area contributed by atoms with Gasteiger partial charge in [-0.25, -0.2) is 0 Å². The van der Waals surface area contributed by atoms with Crippen molar-refractivity contribution in [3.63, 3.8) is 0 Å². The molecule has 13 heavy (non-hydrogen) atoms. The molecular weight excluding hydrogens is 166 g/mol. The maximum Gasteiger partial charge on any atom is 0.220 e. The van der Waals surface area contributed by atoms with Crippen molar-refractivity contribution >= 4 is 5.91 Å². The fourth-order valence-electron chi connectivity index (χ4n) is 1.45. The third-order valence-electron chi connectivity index (χ3n) is 2.42. The average molecular weight is 187 g/mol. The van der Waals surface area contributed by atoms with E-state index in [1.54, 1.807) is 0 Å². The minimum atomic E-state index is -0.183. The molecule has 1 rings (SSSR count). The molecule has 0 spiro atoms. The van der Waals surface area contributed by atoms with Gasteiger partial charge in [-0.1, -0.05) is 20.8 Å². The molecule has 1 heterocycles. The predicted molar refractivity (Wildman–Crippen MR) is 53.2 cm³/mol. The summed E-state index contributed by atoms with van der Waals surface area (Å²) >= 11 is 0. The third kappa shape index (κ3) is 4.27. The van der Waals surface area contributed by atoms with E-state index in [0.29, 0.717) is 5.92 Å². The highest BCUT2D eigenvalue weighted by Crippen LogP contribution is 2.22. The van der Waals surface area contributed by atoms with Gasteiger partial charge in [0.2, 0.25) is 5.91 Å². The molecule has 1 amide bonds. The van der Waals surface area contributed by atoms with Gasteiger partial charge in [0.15, 0.2) is 0 Å². The average Bonchev–Trinajstić information content (AvgIpc) is 2.21. The normalized spacial score (nSPS) is 19.9. The number of hydrogen-bond donors (Lipinski definition) is 1. The van der Waals surface area contributed by atoms with Crippen molar-refractivity contribution in [1.82, 2.24) is 0 Å². The molecule has 1 aliphatic heterocycles. The number of hydrogen-bond acceptors (Lipinski definition) is 2. The van der Waals surface area contributed by atoms with Gasteiger partial charge in [0.05, 0.1) is 0 Å². The topological polar surface area (TPSA) is 52.3 Å². The van der Waals surface area contributed by atoms with Crippen LogP contribution in [-0.2, 0) is 9.53 Å². The SMILES string of the molecule is CC.C[C@H](C(N)=O)C1CCOCC1. The Morgan fingerprint density at radius 3 is 2.23 bits per heavy atom. The second-order valence-electron chi connectivity index (χ2n) is 3.14. The largest absolute Gasteiger partial charge is 0.381 e. The summed E-state index contributed by atoms with van der Waals surface area (Å²) in [6, 6.07) is 0. The first-order chi connectivity index (χ1) is 6.22. The van der Waals surface area contributed by atoms with E-state index in [2.05, 4.69) is 0 Å². The molecule has 3 nitrogen and oxygen atoms in total. The molecule has 0 radical (unpaired) electrons. The molecule has 2 N–H and O–H groups in total. The molecule has 0 aliphatic carbocycles. The number of amides is 1. The first-order valence-electron chi connectivity index (χ1n) is 5.09. The lowest BCUT2D eigenvalue weighted by Crippen LogP contribution is -2.31. The van der Waals surface area contributed by atoms with Crippen molar-refractivity contribution in [2.75, 3.05) is 13.2 Å². The fourth-order valence-corrected chi connectivity index (χ4v) is 1.45. The number of ether oxygens (including phenoxy) is 1. The molecule has 1 fully saturated rings. The number of carbonyl (C=O) groups excluding carboxylic acids is 1. The van der Waals surface area contributed by atoms with Crippen LogP contribution >= 0.6 is 0 Å². The van der Waals surface area contributed by atoms with Crippen molar-refractivity contribution in [2.45, 2.75) is 33.6 Å². The zero-order valence-electron chi connectivity index (χ0n) is 8.88. The Kier molecular flexibility index (Phi) is 6.59. The van der Waals surface area contributed by atoms with Crippen molar-refractivity contribution < 1.29 is 9.53 Å². The fraction of sp³-hybridized carbons (Fsp3) is 0.900. The second-order valence-corrected chi connectivity index (χ2v) is 3.14. The van der Waals surface area contributed by atoms with Crippen LogP contribution in [0.5, 0.6) is 0 Å². The lowest BCUT2D eigenvalue weighted by atomic mass is 9.87. The zero-order chi connectivity index (χ0) is 10.3. The Labute approximate surface area is 80.6 Å². The first kappa shape index (κ1) is 12.4. The highest BCUT2D eigenvalue weighted by Gasteiger charge is 2.23. The third-order valence-corrected chi connectivity index (χ3v) is 2.42. The van der Waals surface area contributed by atoms with Gasteiger partial charge < -0.3 is 10.5 Å². The zero-order valence-corrected chi connectivity index (χ0v) is 8.88.